The number of rotatable bonds is 9. The van der Waals surface area contributed by atoms with Gasteiger partial charge in [-0.2, -0.15) is 0 Å². The lowest BCUT2D eigenvalue weighted by atomic mass is 10.1. The molecule has 0 atom stereocenters. The van der Waals surface area contributed by atoms with Crippen LogP contribution in [0, 0.1) is 0 Å². The number of unbranched alkanes of at least 4 members (excludes halogenated alkanes) is 1. The second kappa shape index (κ2) is 9.65. The summed E-state index contributed by atoms with van der Waals surface area (Å²) in [7, 11) is 3.12. The van der Waals surface area contributed by atoms with Gasteiger partial charge in [-0.25, -0.2) is 0 Å². The molecule has 3 rings (SSSR count). The molecule has 0 saturated heterocycles. The van der Waals surface area contributed by atoms with Gasteiger partial charge in [0.05, 0.1) is 24.7 Å². The first-order valence-corrected chi connectivity index (χ1v) is 10.6. The van der Waals surface area contributed by atoms with E-state index < -0.39 is 0 Å². The van der Waals surface area contributed by atoms with Gasteiger partial charge in [0.1, 0.15) is 0 Å². The van der Waals surface area contributed by atoms with E-state index in [1.807, 2.05) is 37.3 Å². The van der Waals surface area contributed by atoms with Crippen molar-refractivity contribution in [1.82, 2.24) is 4.90 Å². The van der Waals surface area contributed by atoms with Crippen molar-refractivity contribution >= 4 is 29.1 Å². The Labute approximate surface area is 175 Å². The molecule has 152 valence electrons. The molecule has 6 heteroatoms. The van der Waals surface area contributed by atoms with E-state index in [0.29, 0.717) is 39.8 Å². The van der Waals surface area contributed by atoms with Gasteiger partial charge in [-0.15, -0.1) is 11.8 Å². The molecule has 0 aromatic heterocycles. The molecule has 1 aliphatic rings. The highest BCUT2D eigenvalue weighted by atomic mass is 32.2. The highest BCUT2D eigenvalue weighted by molar-refractivity contribution is 8.03. The van der Waals surface area contributed by atoms with Crippen molar-refractivity contribution in [2.75, 3.05) is 20.8 Å². The van der Waals surface area contributed by atoms with E-state index in [4.69, 9.17) is 9.47 Å². The summed E-state index contributed by atoms with van der Waals surface area (Å²) in [6.45, 7) is 2.47. The third-order valence-electron chi connectivity index (χ3n) is 4.76. The van der Waals surface area contributed by atoms with Crippen molar-refractivity contribution < 1.29 is 19.1 Å². The van der Waals surface area contributed by atoms with E-state index >= 15 is 0 Å². The fraction of sp³-hybridized carbons (Fsp3) is 0.304. The number of carbonyl (C=O) groups excluding carboxylic acids is 2. The molecule has 0 unspecified atom stereocenters. The third kappa shape index (κ3) is 4.48. The summed E-state index contributed by atoms with van der Waals surface area (Å²) in [6.07, 6.45) is 1.70. The minimum atomic E-state index is -0.244. The summed E-state index contributed by atoms with van der Waals surface area (Å²) >= 11 is 1.41. The molecule has 2 aromatic rings. The highest BCUT2D eigenvalue weighted by Gasteiger charge is 2.39. The maximum Gasteiger partial charge on any atom is 0.267 e. The molecule has 0 radical (unpaired) electrons. The Morgan fingerprint density at radius 1 is 0.931 bits per heavy atom. The molecular weight excluding hydrogens is 386 g/mol. The van der Waals surface area contributed by atoms with Crippen LogP contribution < -0.4 is 9.47 Å². The van der Waals surface area contributed by atoms with Crippen molar-refractivity contribution in [2.45, 2.75) is 25.5 Å². The average Bonchev–Trinajstić information content (AvgIpc) is 3.00. The fourth-order valence-electron chi connectivity index (χ4n) is 3.18. The minimum Gasteiger partial charge on any atom is -0.493 e. The lowest BCUT2D eigenvalue weighted by molar-refractivity contribution is -0.136. The summed E-state index contributed by atoms with van der Waals surface area (Å²) in [5.74, 6) is 1.26. The number of amides is 2. The van der Waals surface area contributed by atoms with Crippen LogP contribution in [0.1, 0.15) is 30.9 Å². The Kier molecular flexibility index (Phi) is 6.99. The molecule has 0 saturated carbocycles. The SMILES string of the molecule is CCCCN1C(=O)C(SCc2ccccc2)=C(c2ccc(OC)c(OC)c2)C1=O. The Bertz CT molecular complexity index is 924. The zero-order valence-electron chi connectivity index (χ0n) is 16.9. The Morgan fingerprint density at radius 3 is 2.31 bits per heavy atom. The van der Waals surface area contributed by atoms with Gasteiger partial charge in [-0.3, -0.25) is 14.5 Å². The molecule has 0 N–H and O–H groups in total. The van der Waals surface area contributed by atoms with E-state index in [2.05, 4.69) is 0 Å². The molecule has 29 heavy (non-hydrogen) atoms. The van der Waals surface area contributed by atoms with Gasteiger partial charge in [0.25, 0.3) is 11.8 Å². The first kappa shape index (κ1) is 21.0. The maximum atomic E-state index is 13.2. The Morgan fingerprint density at radius 2 is 1.66 bits per heavy atom. The molecule has 0 fully saturated rings. The summed E-state index contributed by atoms with van der Waals surface area (Å²) in [6, 6.07) is 15.2. The van der Waals surface area contributed by atoms with Crippen LogP contribution >= 0.6 is 11.8 Å². The zero-order chi connectivity index (χ0) is 20.8. The van der Waals surface area contributed by atoms with Crippen LogP contribution in [0.2, 0.25) is 0 Å². The van der Waals surface area contributed by atoms with Crippen LogP contribution in [-0.2, 0) is 15.3 Å². The molecular formula is C23H25NO4S. The van der Waals surface area contributed by atoms with Gasteiger partial charge in [0.15, 0.2) is 11.5 Å². The van der Waals surface area contributed by atoms with Crippen molar-refractivity contribution in [3.05, 3.63) is 64.6 Å². The number of hydrogen-bond acceptors (Lipinski definition) is 5. The standard InChI is InChI=1S/C23H25NO4S/c1-4-5-13-24-22(25)20(17-11-12-18(27-2)19(14-17)28-3)21(23(24)26)29-15-16-9-7-6-8-10-16/h6-12,14H,4-5,13,15H2,1-3H3. The third-order valence-corrected chi connectivity index (χ3v) is 5.90. The van der Waals surface area contributed by atoms with Crippen molar-refractivity contribution in [3.8, 4) is 11.5 Å². The molecule has 0 bridgehead atoms. The van der Waals surface area contributed by atoms with Crippen molar-refractivity contribution in [2.24, 2.45) is 0 Å². The lowest BCUT2D eigenvalue weighted by Crippen LogP contribution is -2.32. The molecule has 1 heterocycles. The van der Waals surface area contributed by atoms with Gasteiger partial charge in [-0.05, 0) is 29.7 Å². The number of carbonyl (C=O) groups is 2. The second-order valence-corrected chi connectivity index (χ2v) is 7.65. The zero-order valence-corrected chi connectivity index (χ0v) is 17.8. The molecule has 0 spiro atoms. The van der Waals surface area contributed by atoms with Crippen LogP contribution in [0.25, 0.3) is 5.57 Å². The highest BCUT2D eigenvalue weighted by Crippen LogP contribution is 2.40. The van der Waals surface area contributed by atoms with Crippen LogP contribution in [0.4, 0.5) is 0 Å². The van der Waals surface area contributed by atoms with Crippen LogP contribution in [0.5, 0.6) is 11.5 Å². The van der Waals surface area contributed by atoms with E-state index in [1.165, 1.54) is 16.7 Å². The normalized spacial score (nSPS) is 14.0. The summed E-state index contributed by atoms with van der Waals surface area (Å²) < 4.78 is 10.7. The molecule has 2 aromatic carbocycles. The number of hydrogen-bond donors (Lipinski definition) is 0. The Balaban J connectivity index is 1.99. The van der Waals surface area contributed by atoms with Gasteiger partial charge >= 0.3 is 0 Å². The molecule has 2 amide bonds. The van der Waals surface area contributed by atoms with E-state index in [9.17, 15) is 9.59 Å². The minimum absolute atomic E-state index is 0.214. The van der Waals surface area contributed by atoms with Crippen LogP contribution in [-0.4, -0.2) is 37.5 Å². The first-order valence-electron chi connectivity index (χ1n) is 9.60. The summed E-state index contributed by atoms with van der Waals surface area (Å²) in [5, 5.41) is 0. The van der Waals surface area contributed by atoms with E-state index in [1.54, 1.807) is 32.4 Å². The molecule has 5 nitrogen and oxygen atoms in total. The fourth-order valence-corrected chi connectivity index (χ4v) is 4.27. The van der Waals surface area contributed by atoms with Crippen LogP contribution in [0.3, 0.4) is 0 Å². The van der Waals surface area contributed by atoms with E-state index in [-0.39, 0.29) is 11.8 Å². The van der Waals surface area contributed by atoms with Gasteiger partial charge in [-0.1, -0.05) is 49.7 Å². The predicted octanol–water partition coefficient (Wildman–Crippen LogP) is 4.52. The number of benzene rings is 2. The second-order valence-electron chi connectivity index (χ2n) is 6.66. The van der Waals surface area contributed by atoms with Gasteiger partial charge < -0.3 is 9.47 Å². The topological polar surface area (TPSA) is 55.8 Å². The predicted molar refractivity (Wildman–Crippen MR) is 116 cm³/mol. The summed E-state index contributed by atoms with van der Waals surface area (Å²) in [5.41, 5.74) is 2.20. The number of imide groups is 1. The number of methoxy groups -OCH3 is 2. The first-order chi connectivity index (χ1) is 14.1. The quantitative estimate of drug-likeness (QED) is 0.568. The number of thioether (sulfide) groups is 1. The van der Waals surface area contributed by atoms with Gasteiger partial charge in [0.2, 0.25) is 0 Å². The largest absolute Gasteiger partial charge is 0.493 e. The lowest BCUT2D eigenvalue weighted by Gasteiger charge is -2.14. The smallest absolute Gasteiger partial charge is 0.267 e. The monoisotopic (exact) mass is 411 g/mol. The molecule has 1 aliphatic heterocycles. The van der Waals surface area contributed by atoms with Crippen LogP contribution in [0.15, 0.2) is 53.4 Å². The van der Waals surface area contributed by atoms with Crippen molar-refractivity contribution in [3.63, 3.8) is 0 Å². The average molecular weight is 412 g/mol. The van der Waals surface area contributed by atoms with Gasteiger partial charge in [0, 0.05) is 12.3 Å². The van der Waals surface area contributed by atoms with Crippen molar-refractivity contribution in [1.29, 1.82) is 0 Å². The van der Waals surface area contributed by atoms with E-state index in [0.717, 1.165) is 18.4 Å². The maximum absolute atomic E-state index is 13.2. The number of nitrogens with zero attached hydrogens (tertiary/aromatic N) is 1. The molecule has 0 aliphatic carbocycles. The Hall–Kier alpha value is -2.73. The number of ether oxygens (including phenoxy) is 2. The summed E-state index contributed by atoms with van der Waals surface area (Å²) in [4.78, 5) is 28.1.